The fraction of sp³-hybridized carbons (Fsp3) is 0.727. The standard InChI is InChI=1S/C11H20N4O4/c1-11(2,3)19-10(16)15-5-7(9(12)13-17)8(6-15)14-18-4/h7,17H,5-6H2,1-4H3,(H2,12,13)/b14-8-. The lowest BCUT2D eigenvalue weighted by Crippen LogP contribution is -2.36. The molecule has 0 saturated carbocycles. The molecule has 1 aliphatic rings. The molecule has 1 rings (SSSR count). The van der Waals surface area contributed by atoms with Crippen LogP contribution in [-0.2, 0) is 9.57 Å². The van der Waals surface area contributed by atoms with Crippen LogP contribution < -0.4 is 5.73 Å². The number of carbonyl (C=O) groups excluding carboxylic acids is 1. The van der Waals surface area contributed by atoms with E-state index in [9.17, 15) is 4.79 Å². The topological polar surface area (TPSA) is 110 Å². The molecule has 1 fully saturated rings. The molecule has 8 heteroatoms. The highest BCUT2D eigenvalue weighted by atomic mass is 16.6. The molecule has 0 bridgehead atoms. The first-order valence-corrected chi connectivity index (χ1v) is 5.83. The van der Waals surface area contributed by atoms with Crippen molar-refractivity contribution in [1.29, 1.82) is 0 Å². The van der Waals surface area contributed by atoms with Gasteiger partial charge in [0.25, 0.3) is 0 Å². The van der Waals surface area contributed by atoms with Gasteiger partial charge in [-0.2, -0.15) is 0 Å². The predicted molar refractivity (Wildman–Crippen MR) is 69.1 cm³/mol. The van der Waals surface area contributed by atoms with Crippen molar-refractivity contribution in [2.45, 2.75) is 26.4 Å². The minimum atomic E-state index is -0.579. The third kappa shape index (κ3) is 4.01. The number of amides is 1. The van der Waals surface area contributed by atoms with Crippen molar-refractivity contribution in [3.05, 3.63) is 0 Å². The molecule has 19 heavy (non-hydrogen) atoms. The maximum Gasteiger partial charge on any atom is 0.410 e. The Kier molecular flexibility index (Phi) is 4.57. The monoisotopic (exact) mass is 272 g/mol. The number of likely N-dealkylation sites (tertiary alicyclic amines) is 1. The molecule has 1 unspecified atom stereocenters. The fourth-order valence-corrected chi connectivity index (χ4v) is 1.71. The molecule has 0 aliphatic carbocycles. The maximum atomic E-state index is 11.9. The Labute approximate surface area is 111 Å². The van der Waals surface area contributed by atoms with Crippen LogP contribution in [0.1, 0.15) is 20.8 Å². The van der Waals surface area contributed by atoms with Crippen LogP contribution >= 0.6 is 0 Å². The molecule has 108 valence electrons. The van der Waals surface area contributed by atoms with Crippen molar-refractivity contribution < 1.29 is 19.6 Å². The number of hydrogen-bond donors (Lipinski definition) is 2. The molecule has 1 amide bonds. The highest BCUT2D eigenvalue weighted by Crippen LogP contribution is 2.18. The Balaban J connectivity index is 2.81. The van der Waals surface area contributed by atoms with E-state index in [1.165, 1.54) is 12.0 Å². The van der Waals surface area contributed by atoms with Gasteiger partial charge in [-0.3, -0.25) is 0 Å². The number of oxime groups is 2. The quantitative estimate of drug-likeness (QED) is 0.331. The van der Waals surface area contributed by atoms with Crippen molar-refractivity contribution in [1.82, 2.24) is 4.90 Å². The Morgan fingerprint density at radius 1 is 1.53 bits per heavy atom. The Bertz CT molecular complexity index is 400. The molecule has 3 N–H and O–H groups in total. The van der Waals surface area contributed by atoms with Crippen LogP contribution in [0.15, 0.2) is 10.3 Å². The van der Waals surface area contributed by atoms with Gasteiger partial charge in [0.05, 0.1) is 18.2 Å². The maximum absolute atomic E-state index is 11.9. The van der Waals surface area contributed by atoms with Crippen LogP contribution in [0.2, 0.25) is 0 Å². The number of rotatable bonds is 2. The van der Waals surface area contributed by atoms with E-state index in [2.05, 4.69) is 10.3 Å². The minimum Gasteiger partial charge on any atom is -0.444 e. The number of amidine groups is 1. The van der Waals surface area contributed by atoms with Gasteiger partial charge >= 0.3 is 6.09 Å². The van der Waals surface area contributed by atoms with Gasteiger partial charge in [-0.05, 0) is 20.8 Å². The van der Waals surface area contributed by atoms with E-state index in [-0.39, 0.29) is 18.9 Å². The summed E-state index contributed by atoms with van der Waals surface area (Å²) in [6, 6.07) is 0. The molecule has 1 heterocycles. The predicted octanol–water partition coefficient (Wildman–Crippen LogP) is 0.602. The van der Waals surface area contributed by atoms with Gasteiger partial charge < -0.3 is 25.4 Å². The molecule has 1 atom stereocenters. The van der Waals surface area contributed by atoms with Crippen LogP contribution in [0.25, 0.3) is 0 Å². The summed E-state index contributed by atoms with van der Waals surface area (Å²) in [5.74, 6) is -0.473. The summed E-state index contributed by atoms with van der Waals surface area (Å²) >= 11 is 0. The van der Waals surface area contributed by atoms with Crippen molar-refractivity contribution in [2.24, 2.45) is 22.0 Å². The average molecular weight is 272 g/mol. The largest absolute Gasteiger partial charge is 0.444 e. The summed E-state index contributed by atoms with van der Waals surface area (Å²) in [6.45, 7) is 5.82. The highest BCUT2D eigenvalue weighted by molar-refractivity contribution is 6.09. The zero-order valence-electron chi connectivity index (χ0n) is 11.6. The molecule has 0 aromatic heterocycles. The lowest BCUT2D eigenvalue weighted by Gasteiger charge is -2.24. The lowest BCUT2D eigenvalue weighted by atomic mass is 10.1. The normalized spacial score (nSPS) is 22.7. The molecule has 0 aromatic carbocycles. The Hall–Kier alpha value is -1.99. The number of nitrogens with two attached hydrogens (primary N) is 1. The van der Waals surface area contributed by atoms with Crippen LogP contribution in [0.3, 0.4) is 0 Å². The summed E-state index contributed by atoms with van der Waals surface area (Å²) in [4.78, 5) is 18.1. The number of hydrogen-bond acceptors (Lipinski definition) is 6. The van der Waals surface area contributed by atoms with Gasteiger partial charge in [0.1, 0.15) is 18.5 Å². The van der Waals surface area contributed by atoms with Gasteiger partial charge in [-0.25, -0.2) is 4.79 Å². The third-order valence-electron chi connectivity index (χ3n) is 2.49. The van der Waals surface area contributed by atoms with E-state index in [0.717, 1.165) is 0 Å². The van der Waals surface area contributed by atoms with Gasteiger partial charge in [0, 0.05) is 6.54 Å². The van der Waals surface area contributed by atoms with Crippen LogP contribution in [0.5, 0.6) is 0 Å². The first-order valence-electron chi connectivity index (χ1n) is 5.83. The summed E-state index contributed by atoms with van der Waals surface area (Å²) < 4.78 is 5.26. The second-order valence-corrected chi connectivity index (χ2v) is 5.20. The van der Waals surface area contributed by atoms with Crippen molar-refractivity contribution in [3.8, 4) is 0 Å². The minimum absolute atomic E-state index is 0.0122. The number of ether oxygens (including phenoxy) is 1. The summed E-state index contributed by atoms with van der Waals surface area (Å²) in [5, 5.41) is 15.5. The van der Waals surface area contributed by atoms with Gasteiger partial charge in [-0.1, -0.05) is 10.3 Å². The van der Waals surface area contributed by atoms with Gasteiger partial charge in [0.15, 0.2) is 0 Å². The number of carbonyl (C=O) groups is 1. The molecular formula is C11H20N4O4. The molecular weight excluding hydrogens is 252 g/mol. The average Bonchev–Trinajstić information content (AvgIpc) is 2.70. The second kappa shape index (κ2) is 5.77. The zero-order chi connectivity index (χ0) is 14.6. The molecule has 1 aliphatic heterocycles. The SMILES string of the molecule is CO/N=C1/CN(C(=O)OC(C)(C)C)CC1/C(N)=N\O. The van der Waals surface area contributed by atoms with Crippen molar-refractivity contribution in [3.63, 3.8) is 0 Å². The smallest absolute Gasteiger partial charge is 0.410 e. The van der Waals surface area contributed by atoms with E-state index in [1.807, 2.05) is 0 Å². The molecule has 0 aromatic rings. The molecule has 0 spiro atoms. The van der Waals surface area contributed by atoms with E-state index < -0.39 is 17.6 Å². The number of nitrogens with zero attached hydrogens (tertiary/aromatic N) is 3. The van der Waals surface area contributed by atoms with E-state index >= 15 is 0 Å². The lowest BCUT2D eigenvalue weighted by molar-refractivity contribution is 0.0297. The first kappa shape index (κ1) is 15.1. The Morgan fingerprint density at radius 2 is 2.16 bits per heavy atom. The van der Waals surface area contributed by atoms with E-state index in [1.54, 1.807) is 20.8 Å². The van der Waals surface area contributed by atoms with Gasteiger partial charge in [-0.15, -0.1) is 0 Å². The van der Waals surface area contributed by atoms with Crippen LogP contribution in [0, 0.1) is 5.92 Å². The summed E-state index contributed by atoms with van der Waals surface area (Å²) in [5.41, 5.74) is 5.51. The third-order valence-corrected chi connectivity index (χ3v) is 2.49. The first-order chi connectivity index (χ1) is 8.78. The van der Waals surface area contributed by atoms with E-state index in [4.69, 9.17) is 20.5 Å². The molecule has 1 saturated heterocycles. The van der Waals surface area contributed by atoms with E-state index in [0.29, 0.717) is 5.71 Å². The van der Waals surface area contributed by atoms with Crippen molar-refractivity contribution >= 4 is 17.6 Å². The summed E-state index contributed by atoms with van der Waals surface area (Å²) in [6.07, 6.45) is -0.468. The van der Waals surface area contributed by atoms with Crippen LogP contribution in [-0.4, -0.2) is 53.5 Å². The molecule has 8 nitrogen and oxygen atoms in total. The Morgan fingerprint density at radius 3 is 2.63 bits per heavy atom. The summed E-state index contributed by atoms with van der Waals surface area (Å²) in [7, 11) is 1.40. The van der Waals surface area contributed by atoms with Crippen molar-refractivity contribution in [2.75, 3.05) is 20.2 Å². The van der Waals surface area contributed by atoms with Crippen LogP contribution in [0.4, 0.5) is 4.79 Å². The highest BCUT2D eigenvalue weighted by Gasteiger charge is 2.37. The second-order valence-electron chi connectivity index (χ2n) is 5.20. The molecule has 0 radical (unpaired) electrons. The van der Waals surface area contributed by atoms with Gasteiger partial charge in [0.2, 0.25) is 0 Å². The zero-order valence-corrected chi connectivity index (χ0v) is 11.6. The fourth-order valence-electron chi connectivity index (χ4n) is 1.71.